The first kappa shape index (κ1) is 16.8. The summed E-state index contributed by atoms with van der Waals surface area (Å²) >= 11 is 0. The SMILES string of the molecule is CC1CCC(C2CCC(C3CCC(CO)CC3)C(C)C2)CC1. The van der Waals surface area contributed by atoms with Crippen LogP contribution in [-0.2, 0) is 0 Å². The van der Waals surface area contributed by atoms with E-state index in [4.69, 9.17) is 0 Å². The van der Waals surface area contributed by atoms with E-state index in [-0.39, 0.29) is 0 Å². The quantitative estimate of drug-likeness (QED) is 0.713. The van der Waals surface area contributed by atoms with E-state index in [0.29, 0.717) is 12.5 Å². The fraction of sp³-hybridized carbons (Fsp3) is 1.00. The molecule has 3 atom stereocenters. The summed E-state index contributed by atoms with van der Waals surface area (Å²) in [6, 6.07) is 0. The summed E-state index contributed by atoms with van der Waals surface area (Å²) < 4.78 is 0. The monoisotopic (exact) mass is 306 g/mol. The Balaban J connectivity index is 1.48. The summed E-state index contributed by atoms with van der Waals surface area (Å²) in [5.74, 6) is 6.65. The minimum atomic E-state index is 0.426. The molecular formula is C21H38O. The summed E-state index contributed by atoms with van der Waals surface area (Å²) in [6.45, 7) is 5.42. The Morgan fingerprint density at radius 1 is 0.682 bits per heavy atom. The number of hydrogen-bond acceptors (Lipinski definition) is 1. The van der Waals surface area contributed by atoms with Gasteiger partial charge in [0.05, 0.1) is 0 Å². The highest BCUT2D eigenvalue weighted by Crippen LogP contribution is 2.48. The number of aliphatic hydroxyl groups excluding tert-OH is 1. The standard InChI is InChI=1S/C21H38O/c1-15-3-7-18(8-4-15)20-11-12-21(16(2)13-20)19-9-5-17(14-22)6-10-19/h15-22H,3-14H2,1-2H3. The molecule has 3 fully saturated rings. The number of rotatable bonds is 3. The summed E-state index contributed by atoms with van der Waals surface area (Å²) in [5.41, 5.74) is 0. The second-order valence-electron chi connectivity index (χ2n) is 9.20. The van der Waals surface area contributed by atoms with Crippen molar-refractivity contribution in [2.75, 3.05) is 6.61 Å². The molecule has 0 heterocycles. The highest BCUT2D eigenvalue weighted by atomic mass is 16.3. The minimum Gasteiger partial charge on any atom is -0.396 e. The third-order valence-electron chi connectivity index (χ3n) is 7.76. The van der Waals surface area contributed by atoms with Crippen molar-refractivity contribution < 1.29 is 5.11 Å². The van der Waals surface area contributed by atoms with Gasteiger partial charge in [0, 0.05) is 6.61 Å². The van der Waals surface area contributed by atoms with Gasteiger partial charge in [-0.2, -0.15) is 0 Å². The molecule has 0 amide bonds. The molecule has 3 aliphatic rings. The normalized spacial score (nSPS) is 47.3. The summed E-state index contributed by atoms with van der Waals surface area (Å²) in [5, 5.41) is 9.34. The molecule has 0 saturated heterocycles. The van der Waals surface area contributed by atoms with Crippen LogP contribution in [0.3, 0.4) is 0 Å². The smallest absolute Gasteiger partial charge is 0.0459 e. The van der Waals surface area contributed by atoms with E-state index in [1.165, 1.54) is 70.6 Å². The average Bonchev–Trinajstić information content (AvgIpc) is 2.56. The molecule has 128 valence electrons. The molecule has 3 aliphatic carbocycles. The molecule has 0 bridgehead atoms. The van der Waals surface area contributed by atoms with Crippen molar-refractivity contribution in [2.45, 2.75) is 84.5 Å². The van der Waals surface area contributed by atoms with E-state index in [2.05, 4.69) is 13.8 Å². The van der Waals surface area contributed by atoms with Crippen LogP contribution >= 0.6 is 0 Å². The largest absolute Gasteiger partial charge is 0.396 e. The van der Waals surface area contributed by atoms with Crippen LogP contribution in [0.2, 0.25) is 0 Å². The fourth-order valence-electron chi connectivity index (χ4n) is 6.15. The highest BCUT2D eigenvalue weighted by molar-refractivity contribution is 4.88. The molecule has 0 radical (unpaired) electrons. The molecule has 1 nitrogen and oxygen atoms in total. The summed E-state index contributed by atoms with van der Waals surface area (Å²) in [4.78, 5) is 0. The van der Waals surface area contributed by atoms with Gasteiger partial charge in [-0.15, -0.1) is 0 Å². The molecule has 1 N–H and O–H groups in total. The van der Waals surface area contributed by atoms with Crippen LogP contribution in [0.25, 0.3) is 0 Å². The van der Waals surface area contributed by atoms with Gasteiger partial charge in [-0.3, -0.25) is 0 Å². The number of hydrogen-bond donors (Lipinski definition) is 1. The topological polar surface area (TPSA) is 20.2 Å². The van der Waals surface area contributed by atoms with Crippen molar-refractivity contribution in [3.8, 4) is 0 Å². The van der Waals surface area contributed by atoms with Gasteiger partial charge in [0.1, 0.15) is 0 Å². The van der Waals surface area contributed by atoms with Crippen molar-refractivity contribution in [1.29, 1.82) is 0 Å². The van der Waals surface area contributed by atoms with Crippen LogP contribution in [0.1, 0.15) is 84.5 Å². The van der Waals surface area contributed by atoms with Gasteiger partial charge >= 0.3 is 0 Å². The van der Waals surface area contributed by atoms with Crippen LogP contribution in [0.15, 0.2) is 0 Å². The molecule has 1 heteroatoms. The third kappa shape index (κ3) is 3.89. The van der Waals surface area contributed by atoms with Gasteiger partial charge in [-0.1, -0.05) is 26.7 Å². The first-order valence-corrected chi connectivity index (χ1v) is 10.3. The van der Waals surface area contributed by atoms with E-state index in [9.17, 15) is 5.11 Å². The Morgan fingerprint density at radius 2 is 1.27 bits per heavy atom. The number of aliphatic hydroxyl groups is 1. The molecule has 0 spiro atoms. The molecule has 0 aromatic rings. The predicted molar refractivity (Wildman–Crippen MR) is 93.7 cm³/mol. The van der Waals surface area contributed by atoms with Crippen molar-refractivity contribution in [3.63, 3.8) is 0 Å². The second kappa shape index (κ2) is 7.69. The zero-order valence-electron chi connectivity index (χ0n) is 15.0. The Labute approximate surface area is 138 Å². The Hall–Kier alpha value is -0.0400. The molecule has 3 rings (SSSR count). The molecule has 22 heavy (non-hydrogen) atoms. The lowest BCUT2D eigenvalue weighted by Crippen LogP contribution is -2.34. The van der Waals surface area contributed by atoms with Crippen LogP contribution < -0.4 is 0 Å². The van der Waals surface area contributed by atoms with Crippen molar-refractivity contribution in [1.82, 2.24) is 0 Å². The van der Waals surface area contributed by atoms with Crippen LogP contribution in [0, 0.1) is 41.4 Å². The van der Waals surface area contributed by atoms with Gasteiger partial charge in [0.25, 0.3) is 0 Å². The molecule has 0 aliphatic heterocycles. The highest BCUT2D eigenvalue weighted by Gasteiger charge is 2.37. The fourth-order valence-corrected chi connectivity index (χ4v) is 6.15. The summed E-state index contributed by atoms with van der Waals surface area (Å²) in [7, 11) is 0. The van der Waals surface area contributed by atoms with E-state index in [1.807, 2.05) is 0 Å². The molecule has 3 saturated carbocycles. The van der Waals surface area contributed by atoms with E-state index in [0.717, 1.165) is 35.5 Å². The van der Waals surface area contributed by atoms with Gasteiger partial charge in [0.15, 0.2) is 0 Å². The maximum Gasteiger partial charge on any atom is 0.0459 e. The lowest BCUT2D eigenvalue weighted by atomic mass is 9.61. The lowest BCUT2D eigenvalue weighted by molar-refractivity contribution is 0.0574. The van der Waals surface area contributed by atoms with Gasteiger partial charge < -0.3 is 5.11 Å². The second-order valence-corrected chi connectivity index (χ2v) is 9.20. The predicted octanol–water partition coefficient (Wildman–Crippen LogP) is 5.66. The van der Waals surface area contributed by atoms with E-state index in [1.54, 1.807) is 0 Å². The Morgan fingerprint density at radius 3 is 1.86 bits per heavy atom. The Bertz CT molecular complexity index is 323. The zero-order valence-corrected chi connectivity index (χ0v) is 15.0. The summed E-state index contributed by atoms with van der Waals surface area (Å²) in [6.07, 6.45) is 15.9. The van der Waals surface area contributed by atoms with Crippen LogP contribution in [-0.4, -0.2) is 11.7 Å². The van der Waals surface area contributed by atoms with Crippen molar-refractivity contribution >= 4 is 0 Å². The first-order chi connectivity index (χ1) is 10.7. The first-order valence-electron chi connectivity index (χ1n) is 10.3. The van der Waals surface area contributed by atoms with Gasteiger partial charge in [0.2, 0.25) is 0 Å². The van der Waals surface area contributed by atoms with Gasteiger partial charge in [-0.05, 0) is 99.2 Å². The van der Waals surface area contributed by atoms with Crippen molar-refractivity contribution in [2.24, 2.45) is 41.4 Å². The third-order valence-corrected chi connectivity index (χ3v) is 7.76. The van der Waals surface area contributed by atoms with Crippen LogP contribution in [0.4, 0.5) is 0 Å². The Kier molecular flexibility index (Phi) is 5.87. The van der Waals surface area contributed by atoms with Gasteiger partial charge in [-0.25, -0.2) is 0 Å². The molecule has 0 aromatic carbocycles. The van der Waals surface area contributed by atoms with E-state index >= 15 is 0 Å². The zero-order chi connectivity index (χ0) is 15.5. The molecule has 3 unspecified atom stereocenters. The van der Waals surface area contributed by atoms with Crippen molar-refractivity contribution in [3.05, 3.63) is 0 Å². The molecular weight excluding hydrogens is 268 g/mol. The average molecular weight is 307 g/mol. The maximum atomic E-state index is 9.34. The minimum absolute atomic E-state index is 0.426. The van der Waals surface area contributed by atoms with E-state index < -0.39 is 0 Å². The lowest BCUT2D eigenvalue weighted by Gasteiger charge is -2.44. The maximum absolute atomic E-state index is 9.34. The van der Waals surface area contributed by atoms with Crippen LogP contribution in [0.5, 0.6) is 0 Å². The molecule has 0 aromatic heterocycles.